The number of carbonyl (C=O) groups excluding carboxylic acids is 2. The standard InChI is InChI=1S/C24H29NO3.C3H8/c1-6-7-17-8-9-19-15-25(22(26)21(19)14-17)20-12-10-18(11-13-20)16(2)23(27)28-24(3,4)5;1-3-2/h8-14,16H,6-7,15H2,1-5H3;3H2,1-2H3. The number of nitrogens with zero attached hydrogens (tertiary/aromatic N) is 1. The van der Waals surface area contributed by atoms with Crippen LogP contribution in [0.3, 0.4) is 0 Å². The number of carbonyl (C=O) groups is 2. The molecule has 0 N–H and O–H groups in total. The highest BCUT2D eigenvalue weighted by molar-refractivity contribution is 6.10. The van der Waals surface area contributed by atoms with E-state index in [9.17, 15) is 9.59 Å². The van der Waals surface area contributed by atoms with Gasteiger partial charge in [-0.1, -0.05) is 57.9 Å². The molecule has 1 aliphatic rings. The van der Waals surface area contributed by atoms with E-state index in [-0.39, 0.29) is 17.8 Å². The third-order valence-corrected chi connectivity index (χ3v) is 4.98. The summed E-state index contributed by atoms with van der Waals surface area (Å²) < 4.78 is 5.47. The number of amides is 1. The molecule has 0 saturated carbocycles. The molecule has 0 aromatic heterocycles. The van der Waals surface area contributed by atoms with Crippen LogP contribution >= 0.6 is 0 Å². The summed E-state index contributed by atoms with van der Waals surface area (Å²) in [4.78, 5) is 27.0. The molecule has 4 heteroatoms. The van der Waals surface area contributed by atoms with Crippen molar-refractivity contribution in [3.05, 3.63) is 64.7 Å². The van der Waals surface area contributed by atoms with Crippen molar-refractivity contribution in [1.82, 2.24) is 0 Å². The van der Waals surface area contributed by atoms with Crippen LogP contribution in [-0.4, -0.2) is 17.5 Å². The third kappa shape index (κ3) is 6.43. The van der Waals surface area contributed by atoms with Gasteiger partial charge in [0.2, 0.25) is 0 Å². The summed E-state index contributed by atoms with van der Waals surface area (Å²) in [5.41, 5.74) is 4.30. The monoisotopic (exact) mass is 423 g/mol. The van der Waals surface area contributed by atoms with Gasteiger partial charge >= 0.3 is 5.97 Å². The SMILES string of the molecule is CCC.CCCc1ccc2c(c1)C(=O)N(c1ccc(C(C)C(=O)OC(C)(C)C)cc1)C2. The van der Waals surface area contributed by atoms with Crippen molar-refractivity contribution in [2.75, 3.05) is 4.90 Å². The fourth-order valence-electron chi connectivity index (χ4n) is 3.47. The average Bonchev–Trinajstić information content (AvgIpc) is 3.03. The van der Waals surface area contributed by atoms with Crippen LogP contribution in [0.2, 0.25) is 0 Å². The zero-order chi connectivity index (χ0) is 23.2. The number of ether oxygens (including phenoxy) is 1. The molecule has 1 amide bonds. The number of benzene rings is 2. The van der Waals surface area contributed by atoms with Gasteiger partial charge in [0, 0.05) is 11.3 Å². The molecule has 1 aliphatic heterocycles. The average molecular weight is 424 g/mol. The number of anilines is 1. The van der Waals surface area contributed by atoms with Crippen LogP contribution in [-0.2, 0) is 22.5 Å². The molecule has 1 heterocycles. The van der Waals surface area contributed by atoms with Crippen molar-refractivity contribution in [3.63, 3.8) is 0 Å². The van der Waals surface area contributed by atoms with Gasteiger partial charge in [0.05, 0.1) is 12.5 Å². The van der Waals surface area contributed by atoms with Gasteiger partial charge in [-0.25, -0.2) is 0 Å². The minimum atomic E-state index is -0.504. The Morgan fingerprint density at radius 3 is 2.23 bits per heavy atom. The van der Waals surface area contributed by atoms with E-state index in [0.717, 1.165) is 35.2 Å². The number of fused-ring (bicyclic) bond motifs is 1. The van der Waals surface area contributed by atoms with Crippen LogP contribution in [0.4, 0.5) is 5.69 Å². The van der Waals surface area contributed by atoms with E-state index in [1.165, 1.54) is 12.0 Å². The smallest absolute Gasteiger partial charge is 0.313 e. The highest BCUT2D eigenvalue weighted by atomic mass is 16.6. The van der Waals surface area contributed by atoms with Crippen molar-refractivity contribution >= 4 is 17.6 Å². The molecule has 0 fully saturated rings. The van der Waals surface area contributed by atoms with E-state index in [2.05, 4.69) is 32.9 Å². The topological polar surface area (TPSA) is 46.6 Å². The largest absolute Gasteiger partial charge is 0.460 e. The number of hydrogen-bond donors (Lipinski definition) is 0. The van der Waals surface area contributed by atoms with Crippen LogP contribution in [0, 0.1) is 0 Å². The second-order valence-electron chi connectivity index (χ2n) is 9.19. The lowest BCUT2D eigenvalue weighted by Gasteiger charge is -2.23. The summed E-state index contributed by atoms with van der Waals surface area (Å²) >= 11 is 0. The van der Waals surface area contributed by atoms with Crippen molar-refractivity contribution in [2.45, 2.75) is 85.8 Å². The quantitative estimate of drug-likeness (QED) is 0.505. The molecule has 168 valence electrons. The van der Waals surface area contributed by atoms with E-state index >= 15 is 0 Å². The summed E-state index contributed by atoms with van der Waals surface area (Å²) in [7, 11) is 0. The van der Waals surface area contributed by atoms with Crippen LogP contribution in [0.1, 0.15) is 94.3 Å². The van der Waals surface area contributed by atoms with E-state index < -0.39 is 5.60 Å². The first kappa shape index (κ1) is 24.6. The number of rotatable bonds is 5. The lowest BCUT2D eigenvalue weighted by molar-refractivity contribution is -0.156. The maximum Gasteiger partial charge on any atom is 0.313 e. The maximum absolute atomic E-state index is 12.9. The van der Waals surface area contributed by atoms with Crippen molar-refractivity contribution in [2.24, 2.45) is 0 Å². The number of hydrogen-bond acceptors (Lipinski definition) is 3. The molecule has 1 atom stereocenters. The Morgan fingerprint density at radius 2 is 1.68 bits per heavy atom. The summed E-state index contributed by atoms with van der Waals surface area (Å²) in [6.07, 6.45) is 3.30. The zero-order valence-corrected chi connectivity index (χ0v) is 20.1. The minimum Gasteiger partial charge on any atom is -0.460 e. The molecule has 0 aliphatic carbocycles. The Balaban J connectivity index is 0.00000107. The van der Waals surface area contributed by atoms with Gasteiger partial charge < -0.3 is 9.64 Å². The van der Waals surface area contributed by atoms with E-state index in [1.54, 1.807) is 4.90 Å². The first-order valence-corrected chi connectivity index (χ1v) is 11.4. The first-order chi connectivity index (χ1) is 14.6. The Kier molecular flexibility index (Phi) is 8.43. The van der Waals surface area contributed by atoms with Crippen LogP contribution in [0.5, 0.6) is 0 Å². The van der Waals surface area contributed by atoms with Gasteiger partial charge in [-0.05, 0) is 69.0 Å². The maximum atomic E-state index is 12.9. The lowest BCUT2D eigenvalue weighted by atomic mass is 10.0. The Bertz CT molecular complexity index is 894. The van der Waals surface area contributed by atoms with E-state index in [1.807, 2.05) is 58.0 Å². The van der Waals surface area contributed by atoms with Gasteiger partial charge in [-0.3, -0.25) is 9.59 Å². The van der Waals surface area contributed by atoms with Crippen molar-refractivity contribution in [1.29, 1.82) is 0 Å². The highest BCUT2D eigenvalue weighted by Gasteiger charge is 2.29. The number of esters is 1. The lowest BCUT2D eigenvalue weighted by Crippen LogP contribution is -2.27. The predicted molar refractivity (Wildman–Crippen MR) is 128 cm³/mol. The summed E-state index contributed by atoms with van der Waals surface area (Å²) in [6, 6.07) is 13.8. The predicted octanol–water partition coefficient (Wildman–Crippen LogP) is 6.66. The first-order valence-electron chi connectivity index (χ1n) is 11.4. The summed E-state index contributed by atoms with van der Waals surface area (Å²) in [5, 5.41) is 0. The fourth-order valence-corrected chi connectivity index (χ4v) is 3.47. The van der Waals surface area contributed by atoms with E-state index in [0.29, 0.717) is 6.54 Å². The molecule has 31 heavy (non-hydrogen) atoms. The van der Waals surface area contributed by atoms with Crippen LogP contribution in [0.25, 0.3) is 0 Å². The molecule has 4 nitrogen and oxygen atoms in total. The molecule has 2 aromatic carbocycles. The van der Waals surface area contributed by atoms with Crippen molar-refractivity contribution in [3.8, 4) is 0 Å². The summed E-state index contributed by atoms with van der Waals surface area (Å²) in [5.74, 6) is -0.550. The molecule has 0 saturated heterocycles. The fraction of sp³-hybridized carbons (Fsp3) is 0.481. The zero-order valence-electron chi connectivity index (χ0n) is 20.1. The van der Waals surface area contributed by atoms with Gasteiger partial charge in [-0.15, -0.1) is 0 Å². The normalized spacial score (nSPS) is 13.9. The number of aryl methyl sites for hydroxylation is 1. The minimum absolute atomic E-state index is 0.0425. The second kappa shape index (κ2) is 10.6. The Morgan fingerprint density at radius 1 is 1.06 bits per heavy atom. The van der Waals surface area contributed by atoms with Crippen LogP contribution < -0.4 is 4.90 Å². The van der Waals surface area contributed by atoms with Gasteiger partial charge in [0.1, 0.15) is 5.60 Å². The molecule has 2 aromatic rings. The third-order valence-electron chi connectivity index (χ3n) is 4.98. The molecular weight excluding hydrogens is 386 g/mol. The van der Waals surface area contributed by atoms with Gasteiger partial charge in [0.25, 0.3) is 5.91 Å². The molecule has 0 bridgehead atoms. The molecule has 1 unspecified atom stereocenters. The molecule has 0 spiro atoms. The molecule has 3 rings (SSSR count). The summed E-state index contributed by atoms with van der Waals surface area (Å²) in [6.45, 7) is 14.4. The van der Waals surface area contributed by atoms with E-state index in [4.69, 9.17) is 4.74 Å². The highest BCUT2D eigenvalue weighted by Crippen LogP contribution is 2.30. The Hall–Kier alpha value is -2.62. The van der Waals surface area contributed by atoms with Gasteiger partial charge in [0.15, 0.2) is 0 Å². The molecule has 0 radical (unpaired) electrons. The molecular formula is C27H37NO3. The Labute approximate surface area is 187 Å². The van der Waals surface area contributed by atoms with Crippen molar-refractivity contribution < 1.29 is 14.3 Å². The van der Waals surface area contributed by atoms with Crippen LogP contribution in [0.15, 0.2) is 42.5 Å². The van der Waals surface area contributed by atoms with Gasteiger partial charge in [-0.2, -0.15) is 0 Å². The second-order valence-corrected chi connectivity index (χ2v) is 9.19.